The van der Waals surface area contributed by atoms with E-state index in [2.05, 4.69) is 0 Å². The molecule has 0 amide bonds. The molecule has 0 aliphatic carbocycles. The maximum atomic E-state index is 13.0. The highest BCUT2D eigenvalue weighted by atomic mass is 32.2. The van der Waals surface area contributed by atoms with E-state index in [4.69, 9.17) is 11.0 Å². The molecule has 0 heterocycles. The lowest BCUT2D eigenvalue weighted by Gasteiger charge is -2.04. The average Bonchev–Trinajstić information content (AvgIpc) is 2.36. The fourth-order valence-electron chi connectivity index (χ4n) is 1.37. The van der Waals surface area contributed by atoms with Crippen LogP contribution in [0.1, 0.15) is 5.56 Å². The second-order valence-electron chi connectivity index (χ2n) is 3.54. The van der Waals surface area contributed by atoms with Gasteiger partial charge in [0.15, 0.2) is 11.6 Å². The first-order valence-corrected chi connectivity index (χ1v) is 5.84. The highest BCUT2D eigenvalue weighted by Crippen LogP contribution is 2.30. The molecule has 0 aliphatic heterocycles. The minimum Gasteiger partial charge on any atom is -0.398 e. The van der Waals surface area contributed by atoms with E-state index in [1.807, 2.05) is 6.07 Å². The van der Waals surface area contributed by atoms with Crippen molar-refractivity contribution in [1.82, 2.24) is 0 Å². The lowest BCUT2D eigenvalue weighted by Crippen LogP contribution is -1.90. The van der Waals surface area contributed by atoms with Gasteiger partial charge in [-0.2, -0.15) is 5.26 Å². The molecule has 2 rings (SSSR count). The summed E-state index contributed by atoms with van der Waals surface area (Å²) in [6.45, 7) is 0. The molecule has 0 unspecified atom stereocenters. The summed E-state index contributed by atoms with van der Waals surface area (Å²) >= 11 is 1.24. The predicted molar refractivity (Wildman–Crippen MR) is 66.1 cm³/mol. The van der Waals surface area contributed by atoms with Gasteiger partial charge >= 0.3 is 0 Å². The molecule has 0 aliphatic rings. The van der Waals surface area contributed by atoms with Gasteiger partial charge in [-0.15, -0.1) is 0 Å². The van der Waals surface area contributed by atoms with E-state index < -0.39 is 11.6 Å². The Kier molecular flexibility index (Phi) is 3.49. The van der Waals surface area contributed by atoms with Gasteiger partial charge in [0.2, 0.25) is 0 Å². The van der Waals surface area contributed by atoms with Gasteiger partial charge in [-0.3, -0.25) is 0 Å². The number of benzene rings is 2. The van der Waals surface area contributed by atoms with Crippen molar-refractivity contribution in [1.29, 1.82) is 5.26 Å². The number of nitrogens with two attached hydrogens (primary N) is 1. The summed E-state index contributed by atoms with van der Waals surface area (Å²) in [5.41, 5.74) is 6.35. The number of hydrogen-bond acceptors (Lipinski definition) is 3. The molecule has 2 nitrogen and oxygen atoms in total. The van der Waals surface area contributed by atoms with Crippen molar-refractivity contribution in [2.24, 2.45) is 0 Å². The Hall–Kier alpha value is -2.06. The highest BCUT2D eigenvalue weighted by molar-refractivity contribution is 7.99. The van der Waals surface area contributed by atoms with Crippen LogP contribution in [-0.2, 0) is 0 Å². The van der Waals surface area contributed by atoms with E-state index in [1.165, 1.54) is 17.8 Å². The van der Waals surface area contributed by atoms with Gasteiger partial charge < -0.3 is 5.73 Å². The smallest absolute Gasteiger partial charge is 0.159 e. The Morgan fingerprint density at radius 3 is 2.33 bits per heavy atom. The van der Waals surface area contributed by atoms with E-state index in [0.29, 0.717) is 16.1 Å². The van der Waals surface area contributed by atoms with Crippen LogP contribution in [0.25, 0.3) is 0 Å². The molecule has 2 N–H and O–H groups in total. The lowest BCUT2D eigenvalue weighted by atomic mass is 10.2. The van der Waals surface area contributed by atoms with Crippen LogP contribution in [0.15, 0.2) is 46.2 Å². The Labute approximate surface area is 107 Å². The SMILES string of the molecule is N#Cc1cc(Sc2ccc(F)c(F)c2)ccc1N. The first-order valence-electron chi connectivity index (χ1n) is 5.02. The van der Waals surface area contributed by atoms with E-state index in [-0.39, 0.29) is 0 Å². The Balaban J connectivity index is 2.29. The average molecular weight is 262 g/mol. The van der Waals surface area contributed by atoms with Crippen molar-refractivity contribution in [3.63, 3.8) is 0 Å². The zero-order chi connectivity index (χ0) is 13.1. The third-order valence-electron chi connectivity index (χ3n) is 2.27. The summed E-state index contributed by atoms with van der Waals surface area (Å²) in [4.78, 5) is 1.30. The predicted octanol–water partition coefficient (Wildman–Crippen LogP) is 3.57. The van der Waals surface area contributed by atoms with E-state index in [0.717, 1.165) is 17.0 Å². The topological polar surface area (TPSA) is 49.8 Å². The summed E-state index contributed by atoms with van der Waals surface area (Å²) in [5.74, 6) is -1.77. The first-order chi connectivity index (χ1) is 8.60. The zero-order valence-electron chi connectivity index (χ0n) is 9.15. The van der Waals surface area contributed by atoms with Crippen molar-refractivity contribution in [2.75, 3.05) is 5.73 Å². The Morgan fingerprint density at radius 2 is 1.67 bits per heavy atom. The van der Waals surface area contributed by atoms with Gasteiger partial charge in [0, 0.05) is 15.5 Å². The normalized spacial score (nSPS) is 10.1. The molecule has 0 fully saturated rings. The second kappa shape index (κ2) is 5.07. The fourth-order valence-corrected chi connectivity index (χ4v) is 2.26. The molecular weight excluding hydrogens is 254 g/mol. The van der Waals surface area contributed by atoms with Gasteiger partial charge in [-0.1, -0.05) is 11.8 Å². The van der Waals surface area contributed by atoms with Gasteiger partial charge in [0.1, 0.15) is 6.07 Å². The highest BCUT2D eigenvalue weighted by Gasteiger charge is 2.05. The van der Waals surface area contributed by atoms with Crippen LogP contribution >= 0.6 is 11.8 Å². The Morgan fingerprint density at radius 1 is 1.00 bits per heavy atom. The number of rotatable bonds is 2. The van der Waals surface area contributed by atoms with Crippen molar-refractivity contribution in [2.45, 2.75) is 9.79 Å². The molecular formula is C13H8F2N2S. The number of anilines is 1. The minimum atomic E-state index is -0.893. The quantitative estimate of drug-likeness (QED) is 0.842. The molecule has 0 spiro atoms. The molecule has 0 aromatic heterocycles. The molecule has 0 saturated carbocycles. The maximum Gasteiger partial charge on any atom is 0.159 e. The van der Waals surface area contributed by atoms with Gasteiger partial charge in [0.05, 0.1) is 5.56 Å². The van der Waals surface area contributed by atoms with Crippen molar-refractivity contribution in [3.8, 4) is 6.07 Å². The molecule has 5 heteroatoms. The lowest BCUT2D eigenvalue weighted by molar-refractivity contribution is 0.506. The van der Waals surface area contributed by atoms with Crippen LogP contribution in [0.4, 0.5) is 14.5 Å². The van der Waals surface area contributed by atoms with Crippen molar-refractivity contribution in [3.05, 3.63) is 53.6 Å². The first kappa shape index (κ1) is 12.4. The summed E-state index contributed by atoms with van der Waals surface area (Å²) in [6, 6.07) is 10.6. The molecule has 18 heavy (non-hydrogen) atoms. The van der Waals surface area contributed by atoms with Crippen LogP contribution in [0.5, 0.6) is 0 Å². The molecule has 2 aromatic carbocycles. The number of hydrogen-bond donors (Lipinski definition) is 1. The van der Waals surface area contributed by atoms with Crippen LogP contribution in [0.2, 0.25) is 0 Å². The van der Waals surface area contributed by atoms with Crippen molar-refractivity contribution >= 4 is 17.4 Å². The van der Waals surface area contributed by atoms with E-state index >= 15 is 0 Å². The summed E-state index contributed by atoms with van der Waals surface area (Å²) in [7, 11) is 0. The second-order valence-corrected chi connectivity index (χ2v) is 4.69. The summed E-state index contributed by atoms with van der Waals surface area (Å²) < 4.78 is 25.8. The largest absolute Gasteiger partial charge is 0.398 e. The van der Waals surface area contributed by atoms with Crippen LogP contribution in [0.3, 0.4) is 0 Å². The molecule has 2 aromatic rings. The number of nitrogens with zero attached hydrogens (tertiary/aromatic N) is 1. The Bertz CT molecular complexity index is 635. The van der Waals surface area contributed by atoms with Crippen LogP contribution in [0, 0.1) is 23.0 Å². The van der Waals surface area contributed by atoms with Crippen molar-refractivity contribution < 1.29 is 8.78 Å². The van der Waals surface area contributed by atoms with Gasteiger partial charge in [-0.25, -0.2) is 8.78 Å². The number of nitriles is 1. The monoisotopic (exact) mass is 262 g/mol. The molecule has 0 radical (unpaired) electrons. The van der Waals surface area contributed by atoms with E-state index in [1.54, 1.807) is 18.2 Å². The molecule has 0 bridgehead atoms. The fraction of sp³-hybridized carbons (Fsp3) is 0. The van der Waals surface area contributed by atoms with Gasteiger partial charge in [-0.05, 0) is 36.4 Å². The maximum absolute atomic E-state index is 13.0. The summed E-state index contributed by atoms with van der Waals surface area (Å²) in [5, 5.41) is 8.84. The molecule has 0 saturated heterocycles. The summed E-state index contributed by atoms with van der Waals surface area (Å²) in [6.07, 6.45) is 0. The third kappa shape index (κ3) is 2.60. The van der Waals surface area contributed by atoms with Crippen LogP contribution in [-0.4, -0.2) is 0 Å². The standard InChI is InChI=1S/C13H8F2N2S/c14-11-3-1-10(6-12(11)15)18-9-2-4-13(17)8(5-9)7-16/h1-6H,17H2. The van der Waals surface area contributed by atoms with Crippen LogP contribution < -0.4 is 5.73 Å². The van der Waals surface area contributed by atoms with E-state index in [9.17, 15) is 8.78 Å². The van der Waals surface area contributed by atoms with Gasteiger partial charge in [0.25, 0.3) is 0 Å². The molecule has 90 valence electrons. The third-order valence-corrected chi connectivity index (χ3v) is 3.25. The number of halogens is 2. The molecule has 0 atom stereocenters. The zero-order valence-corrected chi connectivity index (χ0v) is 9.97. The number of nitrogen functional groups attached to an aromatic ring is 1. The minimum absolute atomic E-state index is 0.364.